The lowest BCUT2D eigenvalue weighted by molar-refractivity contribution is -0.138. The Hall–Kier alpha value is -2.57. The zero-order chi connectivity index (χ0) is 14.3. The minimum absolute atomic E-state index is 0.212. The van der Waals surface area contributed by atoms with Crippen molar-refractivity contribution in [2.75, 3.05) is 18.5 Å². The molecule has 0 saturated carbocycles. The van der Waals surface area contributed by atoms with Crippen LogP contribution in [0, 0.1) is 0 Å². The monoisotopic (exact) mass is 266 g/mol. The molecular formula is C12H14N2O5. The summed E-state index contributed by atoms with van der Waals surface area (Å²) in [4.78, 5) is 32.3. The topological polar surface area (TPSA) is 105 Å². The van der Waals surface area contributed by atoms with Crippen LogP contribution in [0.15, 0.2) is 24.3 Å². The molecular weight excluding hydrogens is 252 g/mol. The zero-order valence-electron chi connectivity index (χ0n) is 10.3. The summed E-state index contributed by atoms with van der Waals surface area (Å²) in [6.45, 7) is 0.637. The number of rotatable bonds is 6. The van der Waals surface area contributed by atoms with Crippen molar-refractivity contribution in [3.05, 3.63) is 24.3 Å². The predicted molar refractivity (Wildman–Crippen MR) is 66.9 cm³/mol. The highest BCUT2D eigenvalue weighted by Gasteiger charge is 2.05. The van der Waals surface area contributed by atoms with Gasteiger partial charge in [0, 0.05) is 18.7 Å². The van der Waals surface area contributed by atoms with Crippen molar-refractivity contribution in [3.8, 4) is 5.75 Å². The van der Waals surface area contributed by atoms with E-state index < -0.39 is 18.4 Å². The number of aliphatic carboxylic acids is 1. The molecule has 0 aliphatic rings. The van der Waals surface area contributed by atoms with Crippen molar-refractivity contribution >= 4 is 23.5 Å². The van der Waals surface area contributed by atoms with E-state index in [1.165, 1.54) is 6.92 Å². The molecule has 3 N–H and O–H groups in total. The molecule has 2 amide bonds. The third-order valence-electron chi connectivity index (χ3n) is 1.96. The average molecular weight is 266 g/mol. The largest absolute Gasteiger partial charge is 0.484 e. The van der Waals surface area contributed by atoms with E-state index in [4.69, 9.17) is 9.84 Å². The van der Waals surface area contributed by atoms with E-state index in [-0.39, 0.29) is 12.5 Å². The SMILES string of the molecule is CC(=O)Nc1cccc(OCC(=O)NCC(=O)O)c1. The molecule has 19 heavy (non-hydrogen) atoms. The van der Waals surface area contributed by atoms with Crippen LogP contribution >= 0.6 is 0 Å². The summed E-state index contributed by atoms with van der Waals surface area (Å²) in [7, 11) is 0. The van der Waals surface area contributed by atoms with Gasteiger partial charge in [0.05, 0.1) is 0 Å². The number of nitrogens with one attached hydrogen (secondary N) is 2. The van der Waals surface area contributed by atoms with Crippen molar-refractivity contribution < 1.29 is 24.2 Å². The second-order valence-electron chi connectivity index (χ2n) is 3.67. The first-order valence-corrected chi connectivity index (χ1v) is 5.46. The average Bonchev–Trinajstić information content (AvgIpc) is 2.33. The summed E-state index contributed by atoms with van der Waals surface area (Å²) in [6, 6.07) is 6.52. The van der Waals surface area contributed by atoms with Crippen LogP contribution in [0.25, 0.3) is 0 Å². The number of hydrogen-bond donors (Lipinski definition) is 3. The maximum Gasteiger partial charge on any atom is 0.322 e. The lowest BCUT2D eigenvalue weighted by atomic mass is 10.3. The molecule has 0 spiro atoms. The number of amides is 2. The molecule has 0 aromatic heterocycles. The Balaban J connectivity index is 2.46. The molecule has 7 nitrogen and oxygen atoms in total. The van der Waals surface area contributed by atoms with Crippen molar-refractivity contribution in [3.63, 3.8) is 0 Å². The maximum atomic E-state index is 11.2. The Kier molecular flexibility index (Phi) is 5.34. The van der Waals surface area contributed by atoms with Crippen molar-refractivity contribution in [1.82, 2.24) is 5.32 Å². The van der Waals surface area contributed by atoms with Gasteiger partial charge < -0.3 is 20.5 Å². The highest BCUT2D eigenvalue weighted by atomic mass is 16.5. The number of benzene rings is 1. The molecule has 1 aromatic rings. The Morgan fingerprint density at radius 1 is 1.32 bits per heavy atom. The molecule has 0 fully saturated rings. The molecule has 0 aliphatic carbocycles. The maximum absolute atomic E-state index is 11.2. The number of carboxylic acids is 1. The Morgan fingerprint density at radius 3 is 2.68 bits per heavy atom. The fourth-order valence-corrected chi connectivity index (χ4v) is 1.24. The Bertz CT molecular complexity index is 487. The zero-order valence-corrected chi connectivity index (χ0v) is 10.3. The van der Waals surface area contributed by atoms with Gasteiger partial charge in [-0.3, -0.25) is 14.4 Å². The second-order valence-corrected chi connectivity index (χ2v) is 3.67. The smallest absolute Gasteiger partial charge is 0.322 e. The van der Waals surface area contributed by atoms with Gasteiger partial charge in [0.2, 0.25) is 5.91 Å². The summed E-state index contributed by atoms with van der Waals surface area (Å²) >= 11 is 0. The van der Waals surface area contributed by atoms with E-state index in [0.29, 0.717) is 11.4 Å². The van der Waals surface area contributed by atoms with Crippen molar-refractivity contribution in [2.24, 2.45) is 0 Å². The van der Waals surface area contributed by atoms with Crippen LogP contribution in [-0.2, 0) is 14.4 Å². The van der Waals surface area contributed by atoms with Crippen LogP contribution in [0.3, 0.4) is 0 Å². The molecule has 1 aromatic carbocycles. The van der Waals surface area contributed by atoms with Crippen LogP contribution in [0.1, 0.15) is 6.92 Å². The lowest BCUT2D eigenvalue weighted by Gasteiger charge is -2.08. The molecule has 0 radical (unpaired) electrons. The fraction of sp³-hybridized carbons (Fsp3) is 0.250. The quantitative estimate of drug-likeness (QED) is 0.683. The van der Waals surface area contributed by atoms with Crippen LogP contribution in [-0.4, -0.2) is 36.0 Å². The minimum Gasteiger partial charge on any atom is -0.484 e. The molecule has 0 saturated heterocycles. The standard InChI is InChI=1S/C12H14N2O5/c1-8(15)14-9-3-2-4-10(5-9)19-7-11(16)13-6-12(17)18/h2-5H,6-7H2,1H3,(H,13,16)(H,14,15)(H,17,18). The van der Waals surface area contributed by atoms with Crippen molar-refractivity contribution in [1.29, 1.82) is 0 Å². The number of carbonyl (C=O) groups excluding carboxylic acids is 2. The summed E-state index contributed by atoms with van der Waals surface area (Å²) < 4.78 is 5.17. The first-order chi connectivity index (χ1) is 8.97. The van der Waals surface area contributed by atoms with E-state index >= 15 is 0 Å². The van der Waals surface area contributed by atoms with Gasteiger partial charge >= 0.3 is 5.97 Å². The first kappa shape index (κ1) is 14.5. The summed E-state index contributed by atoms with van der Waals surface area (Å²) in [6.07, 6.45) is 0. The summed E-state index contributed by atoms with van der Waals surface area (Å²) in [5, 5.41) is 13.1. The third-order valence-corrected chi connectivity index (χ3v) is 1.96. The predicted octanol–water partition coefficient (Wildman–Crippen LogP) is 0.225. The Morgan fingerprint density at radius 2 is 2.05 bits per heavy atom. The van der Waals surface area contributed by atoms with E-state index in [9.17, 15) is 14.4 Å². The molecule has 0 heterocycles. The normalized spacial score (nSPS) is 9.53. The van der Waals surface area contributed by atoms with Gasteiger partial charge in [-0.05, 0) is 12.1 Å². The second kappa shape index (κ2) is 7.00. The van der Waals surface area contributed by atoms with E-state index in [1.807, 2.05) is 0 Å². The molecule has 7 heteroatoms. The Labute approximate surface area is 109 Å². The molecule has 0 bridgehead atoms. The van der Waals surface area contributed by atoms with Crippen LogP contribution < -0.4 is 15.4 Å². The van der Waals surface area contributed by atoms with Gasteiger partial charge in [0.25, 0.3) is 5.91 Å². The molecule has 1 rings (SSSR count). The van der Waals surface area contributed by atoms with Gasteiger partial charge in [0.15, 0.2) is 6.61 Å². The number of hydrogen-bond acceptors (Lipinski definition) is 4. The first-order valence-electron chi connectivity index (χ1n) is 5.46. The highest BCUT2D eigenvalue weighted by Crippen LogP contribution is 2.17. The third kappa shape index (κ3) is 6.06. The number of ether oxygens (including phenoxy) is 1. The molecule has 0 unspecified atom stereocenters. The van der Waals surface area contributed by atoms with Crippen LogP contribution in [0.5, 0.6) is 5.75 Å². The number of carboxylic acid groups (broad SMARTS) is 1. The molecule has 0 aliphatic heterocycles. The number of anilines is 1. The van der Waals surface area contributed by atoms with E-state index in [2.05, 4.69) is 10.6 Å². The highest BCUT2D eigenvalue weighted by molar-refractivity contribution is 5.88. The van der Waals surface area contributed by atoms with E-state index in [0.717, 1.165) is 0 Å². The summed E-state index contributed by atoms with van der Waals surface area (Å²) in [5.41, 5.74) is 0.552. The fourth-order valence-electron chi connectivity index (χ4n) is 1.24. The van der Waals surface area contributed by atoms with Gasteiger partial charge in [-0.25, -0.2) is 0 Å². The molecule has 0 atom stereocenters. The van der Waals surface area contributed by atoms with E-state index in [1.54, 1.807) is 24.3 Å². The minimum atomic E-state index is -1.12. The van der Waals surface area contributed by atoms with Crippen LogP contribution in [0.4, 0.5) is 5.69 Å². The van der Waals surface area contributed by atoms with Gasteiger partial charge in [-0.15, -0.1) is 0 Å². The lowest BCUT2D eigenvalue weighted by Crippen LogP contribution is -2.33. The van der Waals surface area contributed by atoms with Gasteiger partial charge in [-0.2, -0.15) is 0 Å². The van der Waals surface area contributed by atoms with Gasteiger partial charge in [-0.1, -0.05) is 6.07 Å². The molecule has 102 valence electrons. The van der Waals surface area contributed by atoms with Crippen LogP contribution in [0.2, 0.25) is 0 Å². The van der Waals surface area contributed by atoms with Gasteiger partial charge in [0.1, 0.15) is 12.3 Å². The van der Waals surface area contributed by atoms with Crippen molar-refractivity contribution in [2.45, 2.75) is 6.92 Å². The number of carbonyl (C=O) groups is 3. The summed E-state index contributed by atoms with van der Waals surface area (Å²) in [5.74, 6) is -1.47.